The van der Waals surface area contributed by atoms with Crippen molar-refractivity contribution >= 4 is 17.2 Å². The number of imidazole rings is 1. The molecule has 0 spiro atoms. The number of likely N-dealkylation sites (N-methyl/N-ethyl adjacent to an activating group) is 1. The minimum Gasteiger partial charge on any atom is -0.364 e. The van der Waals surface area contributed by atoms with Gasteiger partial charge in [-0.05, 0) is 61.4 Å². The highest BCUT2D eigenvalue weighted by Crippen LogP contribution is 2.24. The van der Waals surface area contributed by atoms with E-state index in [2.05, 4.69) is 93.5 Å². The van der Waals surface area contributed by atoms with Crippen LogP contribution in [-0.4, -0.2) is 70.4 Å². The number of rotatable bonds is 3. The van der Waals surface area contributed by atoms with E-state index in [0.29, 0.717) is 0 Å². The molecule has 4 heterocycles. The van der Waals surface area contributed by atoms with E-state index >= 15 is 0 Å². The van der Waals surface area contributed by atoms with E-state index in [9.17, 15) is 0 Å². The molecule has 176 valence electrons. The summed E-state index contributed by atoms with van der Waals surface area (Å²) in [4.78, 5) is 13.3. The molecule has 3 aliphatic heterocycles. The number of aromatic nitrogens is 2. The first-order chi connectivity index (χ1) is 17.1. The number of benzene rings is 2. The standard InChI is InChI=1S/C28H29N7/c1-20-5-7-23(17-22(20)8-9-24-18-29-27-4-3-11-30-35(24)27)28-31-25-10-6-21(16-26(25)32-28)19-34-14-12-33(2)13-15-34/h3-7,10-11,16-18,27,29H,12-15,19H2,1-2H3,(H,31,32). The smallest absolute Gasteiger partial charge is 0.141 e. The molecule has 6 rings (SSSR count). The maximum atomic E-state index is 4.86. The lowest BCUT2D eigenvalue weighted by atomic mass is 10.0. The van der Waals surface area contributed by atoms with Crippen LogP contribution in [0.3, 0.4) is 0 Å². The zero-order valence-corrected chi connectivity index (χ0v) is 20.1. The molecule has 3 aromatic rings. The Kier molecular flexibility index (Phi) is 5.61. The quantitative estimate of drug-likeness (QED) is 0.584. The number of nitrogens with one attached hydrogen (secondary N) is 2. The molecule has 0 radical (unpaired) electrons. The molecule has 7 heteroatoms. The van der Waals surface area contributed by atoms with E-state index in [0.717, 1.165) is 72.0 Å². The second-order valence-electron chi connectivity index (χ2n) is 9.43. The van der Waals surface area contributed by atoms with Crippen molar-refractivity contribution in [2.45, 2.75) is 19.6 Å². The van der Waals surface area contributed by atoms with E-state index in [1.54, 1.807) is 6.21 Å². The van der Waals surface area contributed by atoms with Gasteiger partial charge in [-0.25, -0.2) is 9.99 Å². The zero-order chi connectivity index (χ0) is 23.8. The van der Waals surface area contributed by atoms with Crippen molar-refractivity contribution in [2.24, 2.45) is 5.10 Å². The van der Waals surface area contributed by atoms with Crippen molar-refractivity contribution in [3.63, 3.8) is 0 Å². The summed E-state index contributed by atoms with van der Waals surface area (Å²) in [5, 5.41) is 9.59. The number of aromatic amines is 1. The second-order valence-corrected chi connectivity index (χ2v) is 9.43. The molecule has 0 saturated carbocycles. The third-order valence-electron chi connectivity index (χ3n) is 6.86. The first-order valence-corrected chi connectivity index (χ1v) is 12.1. The van der Waals surface area contributed by atoms with E-state index in [1.165, 1.54) is 5.56 Å². The number of piperazine rings is 1. The van der Waals surface area contributed by atoms with E-state index < -0.39 is 0 Å². The Labute approximate surface area is 205 Å². The van der Waals surface area contributed by atoms with Crippen molar-refractivity contribution in [2.75, 3.05) is 33.2 Å². The van der Waals surface area contributed by atoms with Crippen LogP contribution in [-0.2, 0) is 6.54 Å². The average Bonchev–Trinajstić information content (AvgIpc) is 3.49. The van der Waals surface area contributed by atoms with Crippen LogP contribution in [0.1, 0.15) is 16.7 Å². The first-order valence-electron chi connectivity index (χ1n) is 12.1. The van der Waals surface area contributed by atoms with Gasteiger partial charge in [-0.15, -0.1) is 0 Å². The molecule has 7 nitrogen and oxygen atoms in total. The first kappa shape index (κ1) is 21.7. The van der Waals surface area contributed by atoms with Crippen molar-refractivity contribution < 1.29 is 0 Å². The highest BCUT2D eigenvalue weighted by molar-refractivity contribution is 5.80. The summed E-state index contributed by atoms with van der Waals surface area (Å²) in [6, 6.07) is 12.9. The number of hydrazone groups is 1. The third-order valence-corrected chi connectivity index (χ3v) is 6.86. The summed E-state index contributed by atoms with van der Waals surface area (Å²) < 4.78 is 0. The highest BCUT2D eigenvalue weighted by Gasteiger charge is 2.23. The van der Waals surface area contributed by atoms with Crippen LogP contribution in [0.2, 0.25) is 0 Å². The van der Waals surface area contributed by atoms with Crippen molar-refractivity contribution in [3.8, 4) is 23.2 Å². The molecule has 0 bridgehead atoms. The van der Waals surface area contributed by atoms with Gasteiger partial charge in [0, 0.05) is 56.3 Å². The van der Waals surface area contributed by atoms with Crippen LogP contribution in [0.4, 0.5) is 0 Å². The lowest BCUT2D eigenvalue weighted by molar-refractivity contribution is 0.148. The maximum absolute atomic E-state index is 4.86. The zero-order valence-electron chi connectivity index (χ0n) is 20.1. The third kappa shape index (κ3) is 4.46. The molecule has 3 aliphatic rings. The van der Waals surface area contributed by atoms with Crippen LogP contribution in [0, 0.1) is 18.8 Å². The minimum atomic E-state index is 0.0495. The average molecular weight is 464 g/mol. The number of aryl methyl sites for hydroxylation is 1. The summed E-state index contributed by atoms with van der Waals surface area (Å²) in [6.45, 7) is 7.56. The van der Waals surface area contributed by atoms with E-state index in [4.69, 9.17) is 4.98 Å². The largest absolute Gasteiger partial charge is 0.364 e. The molecule has 0 aliphatic carbocycles. The monoisotopic (exact) mass is 463 g/mol. The Morgan fingerprint density at radius 1 is 1.06 bits per heavy atom. The van der Waals surface area contributed by atoms with Crippen molar-refractivity contribution in [3.05, 3.63) is 77.1 Å². The number of H-pyrrole nitrogens is 1. The fraction of sp³-hybridized carbons (Fsp3) is 0.286. The minimum absolute atomic E-state index is 0.0495. The van der Waals surface area contributed by atoms with Gasteiger partial charge in [0.05, 0.1) is 11.0 Å². The van der Waals surface area contributed by atoms with Crippen LogP contribution < -0.4 is 5.32 Å². The van der Waals surface area contributed by atoms with E-state index in [-0.39, 0.29) is 6.17 Å². The molecular weight excluding hydrogens is 434 g/mol. The lowest BCUT2D eigenvalue weighted by Gasteiger charge is -2.32. The Balaban J connectivity index is 1.23. The summed E-state index contributed by atoms with van der Waals surface area (Å²) >= 11 is 0. The SMILES string of the molecule is Cc1ccc(-c2nc3ccc(CN4CCN(C)CC4)cc3[nH]2)cc1C#CC1=CNC2C=CC=NN12. The summed E-state index contributed by atoms with van der Waals surface area (Å²) in [5.74, 6) is 7.49. The number of fused-ring (bicyclic) bond motifs is 2. The van der Waals surface area contributed by atoms with Crippen LogP contribution >= 0.6 is 0 Å². The number of allylic oxidation sites excluding steroid dienone is 2. The maximum Gasteiger partial charge on any atom is 0.141 e. The van der Waals surface area contributed by atoms with Gasteiger partial charge in [0.25, 0.3) is 0 Å². The molecular formula is C28H29N7. The summed E-state index contributed by atoms with van der Waals surface area (Å²) in [6.07, 6.45) is 7.75. The molecule has 1 unspecified atom stereocenters. The molecule has 1 fully saturated rings. The summed E-state index contributed by atoms with van der Waals surface area (Å²) in [5.41, 5.74) is 7.39. The molecule has 2 aromatic carbocycles. The van der Waals surface area contributed by atoms with Gasteiger partial charge in [0.1, 0.15) is 17.7 Å². The van der Waals surface area contributed by atoms with Crippen molar-refractivity contribution in [1.29, 1.82) is 0 Å². The predicted octanol–water partition coefficient (Wildman–Crippen LogP) is 3.27. The van der Waals surface area contributed by atoms with Gasteiger partial charge in [-0.3, -0.25) is 4.90 Å². The van der Waals surface area contributed by atoms with Crippen LogP contribution in [0.5, 0.6) is 0 Å². The van der Waals surface area contributed by atoms with Crippen LogP contribution in [0.15, 0.2) is 65.5 Å². The Hall–Kier alpha value is -3.86. The van der Waals surface area contributed by atoms with Crippen LogP contribution in [0.25, 0.3) is 22.4 Å². The molecule has 1 aromatic heterocycles. The number of hydrogen-bond acceptors (Lipinski definition) is 6. The Morgan fingerprint density at radius 2 is 1.94 bits per heavy atom. The normalized spacial score (nSPS) is 19.9. The number of hydrogen-bond donors (Lipinski definition) is 2. The second kappa shape index (κ2) is 9.06. The Bertz CT molecular complexity index is 1410. The molecule has 1 atom stereocenters. The highest BCUT2D eigenvalue weighted by atomic mass is 15.5. The summed E-state index contributed by atoms with van der Waals surface area (Å²) in [7, 11) is 2.19. The predicted molar refractivity (Wildman–Crippen MR) is 140 cm³/mol. The van der Waals surface area contributed by atoms with Gasteiger partial charge in [0.15, 0.2) is 0 Å². The van der Waals surface area contributed by atoms with E-state index in [1.807, 2.05) is 17.3 Å². The fourth-order valence-electron chi connectivity index (χ4n) is 4.67. The molecule has 1 saturated heterocycles. The fourth-order valence-corrected chi connectivity index (χ4v) is 4.67. The van der Waals surface area contributed by atoms with Gasteiger partial charge in [-0.2, -0.15) is 5.10 Å². The van der Waals surface area contributed by atoms with Crippen molar-refractivity contribution in [1.82, 2.24) is 30.1 Å². The topological polar surface area (TPSA) is 62.8 Å². The molecule has 35 heavy (non-hydrogen) atoms. The number of nitrogens with zero attached hydrogens (tertiary/aromatic N) is 5. The van der Waals surface area contributed by atoms with Gasteiger partial charge < -0.3 is 15.2 Å². The van der Waals surface area contributed by atoms with Gasteiger partial charge in [-0.1, -0.05) is 24.1 Å². The Morgan fingerprint density at radius 3 is 2.83 bits per heavy atom. The molecule has 2 N–H and O–H groups in total. The molecule has 0 amide bonds. The van der Waals surface area contributed by atoms with Gasteiger partial charge in [0.2, 0.25) is 0 Å². The lowest BCUT2D eigenvalue weighted by Crippen LogP contribution is -2.43. The van der Waals surface area contributed by atoms with Gasteiger partial charge >= 0.3 is 0 Å².